The molecule has 0 aliphatic carbocycles. The van der Waals surface area contributed by atoms with Gasteiger partial charge in [-0.15, -0.1) is 13.2 Å². The first-order valence-electron chi connectivity index (χ1n) is 4.10. The minimum Gasteiger partial charge on any atom is -0.437 e. The minimum atomic E-state index is -1.99. The highest BCUT2D eigenvalue weighted by molar-refractivity contribution is 6.80. The summed E-state index contributed by atoms with van der Waals surface area (Å²) in [7, 11) is -3.58. The molecular weight excluding hydrogens is 200 g/mol. The van der Waals surface area contributed by atoms with E-state index in [-0.39, 0.29) is 0 Å². The van der Waals surface area contributed by atoms with Crippen molar-refractivity contribution in [2.75, 3.05) is 0 Å². The average molecular weight is 218 g/mol. The molecule has 0 aliphatic rings. The van der Waals surface area contributed by atoms with Crippen LogP contribution in [0.2, 0.25) is 19.6 Å². The Morgan fingerprint density at radius 3 is 2.33 bits per heavy atom. The van der Waals surface area contributed by atoms with E-state index in [2.05, 4.69) is 26.3 Å². The smallest absolute Gasteiger partial charge is 0.340 e. The standard InChI is InChI=1S/C7H18O2Si3/c1-6-10-8-12(5,7-2)9-11(3)4/h6-7,11H,1-2,10H2,3-5H3. The van der Waals surface area contributed by atoms with Gasteiger partial charge in [-0.3, -0.25) is 0 Å². The van der Waals surface area contributed by atoms with Gasteiger partial charge in [0.15, 0.2) is 18.8 Å². The normalized spacial score (nSPS) is 16.7. The van der Waals surface area contributed by atoms with Crippen molar-refractivity contribution in [3.8, 4) is 0 Å². The van der Waals surface area contributed by atoms with E-state index in [4.69, 9.17) is 8.23 Å². The van der Waals surface area contributed by atoms with Crippen molar-refractivity contribution in [2.45, 2.75) is 19.6 Å². The molecule has 2 nitrogen and oxygen atoms in total. The fourth-order valence-electron chi connectivity index (χ4n) is 0.833. The lowest BCUT2D eigenvalue weighted by atomic mass is 11.3. The summed E-state index contributed by atoms with van der Waals surface area (Å²) in [6.07, 6.45) is 0. The maximum absolute atomic E-state index is 5.81. The lowest BCUT2D eigenvalue weighted by Gasteiger charge is -2.25. The molecular formula is C7H18O2Si3. The van der Waals surface area contributed by atoms with Gasteiger partial charge in [0.25, 0.3) is 0 Å². The van der Waals surface area contributed by atoms with Gasteiger partial charge in [0, 0.05) is 0 Å². The Morgan fingerprint density at radius 1 is 1.42 bits per heavy atom. The molecule has 12 heavy (non-hydrogen) atoms. The van der Waals surface area contributed by atoms with Crippen molar-refractivity contribution in [1.82, 2.24) is 0 Å². The van der Waals surface area contributed by atoms with Crippen LogP contribution in [-0.4, -0.2) is 27.4 Å². The van der Waals surface area contributed by atoms with Crippen molar-refractivity contribution in [1.29, 1.82) is 0 Å². The van der Waals surface area contributed by atoms with Crippen LogP contribution in [0.15, 0.2) is 24.6 Å². The molecule has 0 N–H and O–H groups in total. The van der Waals surface area contributed by atoms with Crippen LogP contribution in [0.3, 0.4) is 0 Å². The molecule has 5 heteroatoms. The number of rotatable bonds is 6. The predicted octanol–water partition coefficient (Wildman–Crippen LogP) is 1.03. The van der Waals surface area contributed by atoms with Gasteiger partial charge in [-0.1, -0.05) is 11.4 Å². The lowest BCUT2D eigenvalue weighted by molar-refractivity contribution is 0.432. The van der Waals surface area contributed by atoms with Crippen molar-refractivity contribution < 1.29 is 8.23 Å². The Labute approximate surface area is 80.2 Å². The molecule has 0 radical (unpaired) electrons. The van der Waals surface area contributed by atoms with Crippen LogP contribution in [0.5, 0.6) is 0 Å². The first-order valence-corrected chi connectivity index (χ1v) is 10.7. The molecule has 0 aromatic carbocycles. The minimum absolute atomic E-state index is 0.585. The second-order valence-electron chi connectivity index (χ2n) is 2.99. The van der Waals surface area contributed by atoms with Crippen LogP contribution < -0.4 is 0 Å². The molecule has 0 fully saturated rings. The van der Waals surface area contributed by atoms with E-state index in [0.29, 0.717) is 0 Å². The molecule has 0 aromatic rings. The third-order valence-electron chi connectivity index (χ3n) is 1.33. The second kappa shape index (κ2) is 5.65. The van der Waals surface area contributed by atoms with Crippen molar-refractivity contribution in [3.63, 3.8) is 0 Å². The molecule has 0 saturated heterocycles. The van der Waals surface area contributed by atoms with Crippen LogP contribution in [0, 0.1) is 0 Å². The van der Waals surface area contributed by atoms with E-state index in [1.807, 2.05) is 17.9 Å². The highest BCUT2D eigenvalue weighted by Crippen LogP contribution is 2.08. The highest BCUT2D eigenvalue weighted by Gasteiger charge is 2.27. The summed E-state index contributed by atoms with van der Waals surface area (Å²) < 4.78 is 11.5. The monoisotopic (exact) mass is 218 g/mol. The predicted molar refractivity (Wildman–Crippen MR) is 61.6 cm³/mol. The van der Waals surface area contributed by atoms with Crippen molar-refractivity contribution in [2.24, 2.45) is 0 Å². The van der Waals surface area contributed by atoms with Gasteiger partial charge in [-0.05, 0) is 19.6 Å². The first-order chi connectivity index (χ1) is 5.54. The largest absolute Gasteiger partial charge is 0.437 e. The van der Waals surface area contributed by atoms with E-state index >= 15 is 0 Å². The third kappa shape index (κ3) is 4.83. The molecule has 1 atom stereocenters. The van der Waals surface area contributed by atoms with E-state index in [1.165, 1.54) is 0 Å². The van der Waals surface area contributed by atoms with Gasteiger partial charge < -0.3 is 8.23 Å². The molecule has 0 rings (SSSR count). The van der Waals surface area contributed by atoms with E-state index < -0.39 is 27.4 Å². The zero-order valence-electron chi connectivity index (χ0n) is 8.17. The molecule has 0 amide bonds. The van der Waals surface area contributed by atoms with Gasteiger partial charge in [-0.25, -0.2) is 0 Å². The van der Waals surface area contributed by atoms with Gasteiger partial charge in [0.2, 0.25) is 0 Å². The van der Waals surface area contributed by atoms with Gasteiger partial charge in [0.05, 0.1) is 0 Å². The lowest BCUT2D eigenvalue weighted by Crippen LogP contribution is -2.41. The van der Waals surface area contributed by atoms with Crippen LogP contribution in [0.25, 0.3) is 0 Å². The molecule has 0 aromatic heterocycles. The summed E-state index contributed by atoms with van der Waals surface area (Å²) in [6, 6.07) is 0. The molecule has 0 saturated carbocycles. The van der Waals surface area contributed by atoms with Crippen LogP contribution in [0.4, 0.5) is 0 Å². The van der Waals surface area contributed by atoms with E-state index in [1.54, 1.807) is 0 Å². The van der Waals surface area contributed by atoms with Crippen LogP contribution >= 0.6 is 0 Å². The Morgan fingerprint density at radius 2 is 2.00 bits per heavy atom. The molecule has 1 unspecified atom stereocenters. The fraction of sp³-hybridized carbons (Fsp3) is 0.429. The molecule has 0 spiro atoms. The van der Waals surface area contributed by atoms with Crippen molar-refractivity contribution >= 4 is 27.4 Å². The Kier molecular flexibility index (Phi) is 5.68. The summed E-state index contributed by atoms with van der Waals surface area (Å²) in [5.74, 6) is 0. The van der Waals surface area contributed by atoms with Crippen LogP contribution in [0.1, 0.15) is 0 Å². The summed E-state index contributed by atoms with van der Waals surface area (Å²) in [5, 5.41) is 0. The van der Waals surface area contributed by atoms with Gasteiger partial charge >= 0.3 is 8.56 Å². The van der Waals surface area contributed by atoms with Gasteiger partial charge in [-0.2, -0.15) is 0 Å². The maximum Gasteiger partial charge on any atom is 0.340 e. The quantitative estimate of drug-likeness (QED) is 0.620. The molecule has 0 heterocycles. The summed E-state index contributed by atoms with van der Waals surface area (Å²) in [5.41, 5.74) is 3.73. The molecule has 70 valence electrons. The van der Waals surface area contributed by atoms with E-state index in [9.17, 15) is 0 Å². The SMILES string of the molecule is C=C[SiH2]O[Si](C)(C=C)O[SiH](C)C. The third-order valence-corrected chi connectivity index (χ3v) is 9.02. The first kappa shape index (κ1) is 12.1. The van der Waals surface area contributed by atoms with Gasteiger partial charge in [0.1, 0.15) is 0 Å². The average Bonchev–Trinajstić information content (AvgIpc) is 2.00. The molecule has 0 aliphatic heterocycles. The van der Waals surface area contributed by atoms with Crippen molar-refractivity contribution in [3.05, 3.63) is 24.6 Å². The number of hydrogen-bond donors (Lipinski definition) is 0. The Hall–Kier alpha value is 0.0506. The second-order valence-corrected chi connectivity index (χ2v) is 10.5. The summed E-state index contributed by atoms with van der Waals surface area (Å²) in [4.78, 5) is 0. The zero-order valence-corrected chi connectivity index (χ0v) is 11.7. The zero-order chi connectivity index (χ0) is 9.61. The Bertz CT molecular complexity index is 161. The highest BCUT2D eigenvalue weighted by atomic mass is 28.4. The Balaban J connectivity index is 4.03. The summed E-state index contributed by atoms with van der Waals surface area (Å²) in [6.45, 7) is 13.8. The fourth-order valence-corrected chi connectivity index (χ4v) is 8.11. The maximum atomic E-state index is 5.81. The number of hydrogen-bond acceptors (Lipinski definition) is 2. The topological polar surface area (TPSA) is 18.5 Å². The summed E-state index contributed by atoms with van der Waals surface area (Å²) >= 11 is 0. The molecule has 0 bridgehead atoms. The van der Waals surface area contributed by atoms with E-state index in [0.717, 1.165) is 0 Å². The van der Waals surface area contributed by atoms with Crippen LogP contribution in [-0.2, 0) is 8.23 Å².